The summed E-state index contributed by atoms with van der Waals surface area (Å²) < 4.78 is 73.5. The van der Waals surface area contributed by atoms with E-state index in [0.717, 1.165) is 16.9 Å². The number of benzene rings is 1. The molecular formula is C24H26F3N3O4S2. The number of alkyl halides is 3. The first-order valence-corrected chi connectivity index (χ1v) is 13.5. The number of aromatic nitrogens is 1. The van der Waals surface area contributed by atoms with Crippen LogP contribution >= 0.6 is 11.3 Å². The first kappa shape index (κ1) is 26.6. The molecule has 36 heavy (non-hydrogen) atoms. The van der Waals surface area contributed by atoms with Crippen LogP contribution in [0.25, 0.3) is 0 Å². The number of piperazine rings is 1. The highest BCUT2D eigenvalue weighted by atomic mass is 32.2. The number of anilines is 1. The molecule has 2 atom stereocenters. The van der Waals surface area contributed by atoms with Gasteiger partial charge in [-0.2, -0.15) is 17.5 Å². The van der Waals surface area contributed by atoms with E-state index in [2.05, 4.69) is 4.98 Å². The van der Waals surface area contributed by atoms with Crippen molar-refractivity contribution in [2.45, 2.75) is 35.6 Å². The van der Waals surface area contributed by atoms with Gasteiger partial charge in [-0.25, -0.2) is 8.42 Å². The Kier molecular flexibility index (Phi) is 7.72. The highest BCUT2D eigenvalue weighted by Crippen LogP contribution is 2.39. The van der Waals surface area contributed by atoms with Crippen LogP contribution in [0.2, 0.25) is 0 Å². The van der Waals surface area contributed by atoms with E-state index >= 15 is 0 Å². The molecule has 4 rings (SSSR count). The van der Waals surface area contributed by atoms with Crippen molar-refractivity contribution >= 4 is 27.0 Å². The third kappa shape index (κ3) is 5.57. The average Bonchev–Trinajstić information content (AvgIpc) is 3.40. The minimum absolute atomic E-state index is 0.148. The lowest BCUT2D eigenvalue weighted by atomic mass is 9.95. The number of aliphatic hydroxyl groups is 1. The molecule has 1 fully saturated rings. The molecule has 0 amide bonds. The molecular weight excluding hydrogens is 515 g/mol. The van der Waals surface area contributed by atoms with Crippen LogP contribution in [0.5, 0.6) is 0 Å². The van der Waals surface area contributed by atoms with Crippen LogP contribution in [0.3, 0.4) is 0 Å². The second-order valence-electron chi connectivity index (χ2n) is 8.64. The molecule has 2 aromatic heterocycles. The van der Waals surface area contributed by atoms with Crippen molar-refractivity contribution in [2.24, 2.45) is 0 Å². The second kappa shape index (κ2) is 10.5. The SMILES string of the molecule is C[C@@](O)(c1ccc(N2CCN(S(=O)(=O)c3cccs3)C[C@H]2COCc2cccnc2)cc1)C(F)(F)F. The Labute approximate surface area is 211 Å². The fourth-order valence-corrected chi connectivity index (χ4v) is 6.62. The number of ether oxygens (including phenoxy) is 1. The summed E-state index contributed by atoms with van der Waals surface area (Å²) in [5.41, 5.74) is -1.78. The molecule has 1 saturated heterocycles. The predicted molar refractivity (Wildman–Crippen MR) is 130 cm³/mol. The van der Waals surface area contributed by atoms with Gasteiger partial charge >= 0.3 is 6.18 Å². The maximum atomic E-state index is 13.2. The van der Waals surface area contributed by atoms with Gasteiger partial charge in [0.15, 0.2) is 5.60 Å². The highest BCUT2D eigenvalue weighted by molar-refractivity contribution is 7.91. The summed E-state index contributed by atoms with van der Waals surface area (Å²) in [7, 11) is -3.68. The number of pyridine rings is 1. The minimum Gasteiger partial charge on any atom is -0.376 e. The van der Waals surface area contributed by atoms with Crippen molar-refractivity contribution in [1.29, 1.82) is 0 Å². The Morgan fingerprint density at radius 1 is 1.14 bits per heavy atom. The monoisotopic (exact) mass is 541 g/mol. The average molecular weight is 542 g/mol. The van der Waals surface area contributed by atoms with Crippen molar-refractivity contribution in [1.82, 2.24) is 9.29 Å². The zero-order valence-corrected chi connectivity index (χ0v) is 21.1. The smallest absolute Gasteiger partial charge is 0.376 e. The number of rotatable bonds is 8. The molecule has 194 valence electrons. The molecule has 0 bridgehead atoms. The summed E-state index contributed by atoms with van der Waals surface area (Å²) >= 11 is 1.15. The lowest BCUT2D eigenvalue weighted by molar-refractivity contribution is -0.258. The van der Waals surface area contributed by atoms with E-state index in [0.29, 0.717) is 19.2 Å². The third-order valence-electron chi connectivity index (χ3n) is 6.15. The van der Waals surface area contributed by atoms with E-state index in [-0.39, 0.29) is 42.1 Å². The molecule has 1 aliphatic heterocycles. The summed E-state index contributed by atoms with van der Waals surface area (Å²) in [4.78, 5) is 5.98. The van der Waals surface area contributed by atoms with Gasteiger partial charge in [-0.3, -0.25) is 4.98 Å². The minimum atomic E-state index is -4.82. The molecule has 0 aliphatic carbocycles. The summed E-state index contributed by atoms with van der Waals surface area (Å²) in [6, 6.07) is 12.0. The summed E-state index contributed by atoms with van der Waals surface area (Å²) in [6.07, 6.45) is -1.49. The zero-order chi connectivity index (χ0) is 26.0. The van der Waals surface area contributed by atoms with Gasteiger partial charge in [-0.1, -0.05) is 24.3 Å². The van der Waals surface area contributed by atoms with Crippen LogP contribution in [0.4, 0.5) is 18.9 Å². The molecule has 0 spiro atoms. The molecule has 0 unspecified atom stereocenters. The number of thiophene rings is 1. The lowest BCUT2D eigenvalue weighted by Crippen LogP contribution is -2.56. The summed E-state index contributed by atoms with van der Waals surface area (Å²) in [6.45, 7) is 1.86. The molecule has 3 heterocycles. The molecule has 3 aromatic rings. The number of sulfonamides is 1. The Hall–Kier alpha value is -2.51. The van der Waals surface area contributed by atoms with Gasteiger partial charge in [-0.15, -0.1) is 11.3 Å². The number of halogens is 3. The fourth-order valence-electron chi connectivity index (χ4n) is 4.00. The Morgan fingerprint density at radius 2 is 1.89 bits per heavy atom. The summed E-state index contributed by atoms with van der Waals surface area (Å²) in [5.74, 6) is 0. The van der Waals surface area contributed by atoms with Gasteiger partial charge in [0.1, 0.15) is 4.21 Å². The van der Waals surface area contributed by atoms with E-state index < -0.39 is 21.8 Å². The molecule has 1 N–H and O–H groups in total. The van der Waals surface area contributed by atoms with Gasteiger partial charge in [0.25, 0.3) is 10.0 Å². The van der Waals surface area contributed by atoms with E-state index in [1.54, 1.807) is 36.0 Å². The fraction of sp³-hybridized carbons (Fsp3) is 0.375. The highest BCUT2D eigenvalue weighted by Gasteiger charge is 2.51. The maximum absolute atomic E-state index is 13.2. The van der Waals surface area contributed by atoms with E-state index in [9.17, 15) is 26.7 Å². The van der Waals surface area contributed by atoms with Crippen LogP contribution in [0.1, 0.15) is 18.1 Å². The standard InChI is InChI=1S/C24H26F3N3O4S2/c1-23(31,24(25,26)27)19-6-8-20(9-7-19)30-12-11-29(36(32,33)22-5-3-13-35-22)15-21(30)17-34-16-18-4-2-10-28-14-18/h2-10,13-14,21,31H,11-12,15-17H2,1H3/t21-,23+/m0/s1. The molecule has 1 aliphatic rings. The Morgan fingerprint density at radius 3 is 2.50 bits per heavy atom. The second-order valence-corrected chi connectivity index (χ2v) is 11.7. The topological polar surface area (TPSA) is 83.0 Å². The van der Waals surface area contributed by atoms with Crippen molar-refractivity contribution in [3.8, 4) is 0 Å². The third-order valence-corrected chi connectivity index (χ3v) is 9.39. The molecule has 12 heteroatoms. The predicted octanol–water partition coefficient (Wildman–Crippen LogP) is 4.01. The van der Waals surface area contributed by atoms with Gasteiger partial charge in [-0.05, 0) is 47.7 Å². The Bertz CT molecular complexity index is 1240. The van der Waals surface area contributed by atoms with Crippen LogP contribution < -0.4 is 4.90 Å². The zero-order valence-electron chi connectivity index (χ0n) is 19.4. The van der Waals surface area contributed by atoms with Crippen LogP contribution in [-0.4, -0.2) is 61.3 Å². The van der Waals surface area contributed by atoms with Crippen molar-refractivity contribution in [2.75, 3.05) is 31.1 Å². The van der Waals surface area contributed by atoms with Crippen LogP contribution in [0.15, 0.2) is 70.5 Å². The van der Waals surface area contributed by atoms with Crippen LogP contribution in [0, 0.1) is 0 Å². The van der Waals surface area contributed by atoms with Gasteiger partial charge in [0.05, 0.1) is 19.3 Å². The van der Waals surface area contributed by atoms with Crippen molar-refractivity contribution in [3.05, 3.63) is 77.4 Å². The lowest BCUT2D eigenvalue weighted by Gasteiger charge is -2.42. The first-order valence-electron chi connectivity index (χ1n) is 11.2. The van der Waals surface area contributed by atoms with Crippen LogP contribution in [-0.2, 0) is 27.0 Å². The molecule has 7 nitrogen and oxygen atoms in total. The maximum Gasteiger partial charge on any atom is 0.421 e. The molecule has 1 aromatic carbocycles. The van der Waals surface area contributed by atoms with Crippen molar-refractivity contribution in [3.63, 3.8) is 0 Å². The number of hydrogen-bond donors (Lipinski definition) is 1. The van der Waals surface area contributed by atoms with Crippen molar-refractivity contribution < 1.29 is 31.4 Å². The molecule has 0 radical (unpaired) electrons. The van der Waals surface area contributed by atoms with Gasteiger partial charge < -0.3 is 14.7 Å². The van der Waals surface area contributed by atoms with E-state index in [1.165, 1.54) is 28.6 Å². The summed E-state index contributed by atoms with van der Waals surface area (Å²) in [5, 5.41) is 11.7. The van der Waals surface area contributed by atoms with Gasteiger partial charge in [0.2, 0.25) is 0 Å². The number of nitrogens with zero attached hydrogens (tertiary/aromatic N) is 3. The quantitative estimate of drug-likeness (QED) is 0.464. The Balaban J connectivity index is 1.55. The largest absolute Gasteiger partial charge is 0.421 e. The first-order chi connectivity index (χ1) is 17.0. The number of hydrogen-bond acceptors (Lipinski definition) is 7. The molecule has 0 saturated carbocycles. The van der Waals surface area contributed by atoms with Gasteiger partial charge in [0, 0.05) is 37.7 Å². The normalized spacial score (nSPS) is 19.2. The van der Waals surface area contributed by atoms with E-state index in [1.807, 2.05) is 11.0 Å². The van der Waals surface area contributed by atoms with E-state index in [4.69, 9.17) is 4.74 Å².